The van der Waals surface area contributed by atoms with E-state index < -0.39 is 23.8 Å². The number of hydrogen-bond donors (Lipinski definition) is 6. The van der Waals surface area contributed by atoms with Gasteiger partial charge in [-0.05, 0) is 82.8 Å². The lowest BCUT2D eigenvalue weighted by atomic mass is 9.88. The molecular weight excluding hydrogens is 475 g/mol. The van der Waals surface area contributed by atoms with Gasteiger partial charge >= 0.3 is 0 Å². The smallest absolute Gasteiger partial charge is 0.271 e. The van der Waals surface area contributed by atoms with E-state index in [4.69, 9.17) is 22.7 Å². The predicted octanol–water partition coefficient (Wildman–Crippen LogP) is 2.58. The number of pyridine rings is 1. The molecule has 2 saturated carbocycles. The Morgan fingerprint density at radius 1 is 1.24 bits per heavy atom. The van der Waals surface area contributed by atoms with Crippen molar-refractivity contribution >= 4 is 28.9 Å². The van der Waals surface area contributed by atoms with Crippen molar-refractivity contribution in [2.24, 2.45) is 35.1 Å². The number of allylic oxidation sites excluding steroid dienone is 2. The summed E-state index contributed by atoms with van der Waals surface area (Å²) in [7, 11) is 0. The second-order valence-corrected chi connectivity index (χ2v) is 10.1. The van der Waals surface area contributed by atoms with Crippen LogP contribution in [0.2, 0.25) is 0 Å². The summed E-state index contributed by atoms with van der Waals surface area (Å²) in [5, 5.41) is 14.7. The number of hydrogen-bond acceptors (Lipinski definition) is 8. The molecule has 1 unspecified atom stereocenters. The molecule has 2 fully saturated rings. The van der Waals surface area contributed by atoms with Crippen molar-refractivity contribution < 1.29 is 14.0 Å². The fraction of sp³-hybridized carbons (Fsp3) is 0.538. The lowest BCUT2D eigenvalue weighted by molar-refractivity contribution is -0.127. The van der Waals surface area contributed by atoms with Crippen LogP contribution in [0, 0.1) is 29.1 Å². The van der Waals surface area contributed by atoms with Gasteiger partial charge in [0.1, 0.15) is 17.6 Å². The van der Waals surface area contributed by atoms with Gasteiger partial charge in [-0.25, -0.2) is 10.8 Å². The van der Waals surface area contributed by atoms with Crippen LogP contribution in [-0.2, 0) is 9.59 Å². The topological polar surface area (TPSA) is 176 Å². The van der Waals surface area contributed by atoms with Crippen molar-refractivity contribution in [2.45, 2.75) is 71.9 Å². The Morgan fingerprint density at radius 2 is 1.84 bits per heavy atom. The van der Waals surface area contributed by atoms with E-state index in [9.17, 15) is 14.0 Å². The maximum atomic E-state index is 14.9. The number of nitrogens with zero attached hydrogens (tertiary/aromatic N) is 2. The summed E-state index contributed by atoms with van der Waals surface area (Å²) in [4.78, 5) is 30.6. The van der Waals surface area contributed by atoms with Gasteiger partial charge < -0.3 is 32.5 Å². The van der Waals surface area contributed by atoms with Gasteiger partial charge in [-0.2, -0.15) is 4.39 Å². The second-order valence-electron chi connectivity index (χ2n) is 10.1. The van der Waals surface area contributed by atoms with Gasteiger partial charge in [0.25, 0.3) is 5.91 Å². The molecule has 37 heavy (non-hydrogen) atoms. The van der Waals surface area contributed by atoms with E-state index in [-0.39, 0.29) is 40.3 Å². The number of halogens is 1. The molecule has 1 aromatic heterocycles. The lowest BCUT2D eigenvalue weighted by Crippen LogP contribution is -2.53. The number of nitrogens with one attached hydrogen (secondary N) is 3. The fourth-order valence-corrected chi connectivity index (χ4v) is 4.76. The van der Waals surface area contributed by atoms with Crippen molar-refractivity contribution in [3.8, 4) is 0 Å². The average Bonchev–Trinajstić information content (AvgIpc) is 3.75. The third kappa shape index (κ3) is 6.65. The molecule has 0 radical (unpaired) electrons. The van der Waals surface area contributed by atoms with Crippen molar-refractivity contribution in [3.63, 3.8) is 0 Å². The lowest BCUT2D eigenvalue weighted by Gasteiger charge is -2.31. The van der Waals surface area contributed by atoms with Crippen LogP contribution in [0.25, 0.3) is 5.57 Å². The van der Waals surface area contributed by atoms with Gasteiger partial charge in [0.2, 0.25) is 11.9 Å². The van der Waals surface area contributed by atoms with Gasteiger partial charge in [0.05, 0.1) is 0 Å². The highest BCUT2D eigenvalue weighted by molar-refractivity contribution is 6.21. The normalized spacial score (nSPS) is 18.1. The molecule has 2 aliphatic rings. The molecule has 9 N–H and O–H groups in total. The summed E-state index contributed by atoms with van der Waals surface area (Å²) < 4.78 is 14.9. The Hall–Kier alpha value is -3.47. The average molecular weight is 515 g/mol. The second kappa shape index (κ2) is 11.7. The Morgan fingerprint density at radius 3 is 2.27 bits per heavy atom. The molecule has 10 nitrogen and oxygen atoms in total. The number of carbonyl (C=O) groups is 2. The number of amides is 2. The van der Waals surface area contributed by atoms with Gasteiger partial charge in [-0.15, -0.1) is 0 Å². The largest absolute Gasteiger partial charge is 0.403 e. The van der Waals surface area contributed by atoms with Crippen molar-refractivity contribution in [3.05, 3.63) is 41.2 Å². The molecule has 0 bridgehead atoms. The summed E-state index contributed by atoms with van der Waals surface area (Å²) >= 11 is 0. The highest BCUT2D eigenvalue weighted by Crippen LogP contribution is 2.51. The summed E-state index contributed by atoms with van der Waals surface area (Å²) in [6.45, 7) is 6.91. The predicted molar refractivity (Wildman–Crippen MR) is 142 cm³/mol. The first kappa shape index (κ1) is 28.1. The molecule has 0 spiro atoms. The molecule has 0 saturated heterocycles. The van der Waals surface area contributed by atoms with Crippen molar-refractivity contribution in [1.82, 2.24) is 15.3 Å². The Kier molecular flexibility index (Phi) is 8.90. The number of aromatic nitrogens is 1. The van der Waals surface area contributed by atoms with E-state index in [1.54, 1.807) is 6.92 Å². The Labute approximate surface area is 217 Å². The van der Waals surface area contributed by atoms with Crippen LogP contribution in [0.3, 0.4) is 0 Å². The van der Waals surface area contributed by atoms with E-state index in [1.165, 1.54) is 24.1 Å². The maximum Gasteiger partial charge on any atom is 0.271 e. The van der Waals surface area contributed by atoms with E-state index in [0.717, 1.165) is 31.9 Å². The summed E-state index contributed by atoms with van der Waals surface area (Å²) in [6, 6.07) is 1.90. The molecule has 2 atom stereocenters. The maximum absolute atomic E-state index is 14.9. The molecule has 202 valence electrons. The van der Waals surface area contributed by atoms with Gasteiger partial charge in [-0.1, -0.05) is 6.92 Å². The fourth-order valence-electron chi connectivity index (χ4n) is 4.76. The monoisotopic (exact) mass is 514 g/mol. The van der Waals surface area contributed by atoms with Crippen molar-refractivity contribution in [2.75, 3.05) is 5.32 Å². The quantitative estimate of drug-likeness (QED) is 0.0816. The van der Waals surface area contributed by atoms with Crippen LogP contribution in [0.1, 0.15) is 65.4 Å². The number of anilines is 1. The number of carbonyl (C=O) groups excluding carboxylic acids is 2. The van der Waals surface area contributed by atoms with E-state index in [0.29, 0.717) is 24.0 Å². The molecule has 2 aliphatic carbocycles. The summed E-state index contributed by atoms with van der Waals surface area (Å²) in [6.07, 6.45) is 5.82. The zero-order chi connectivity index (χ0) is 27.4. The molecule has 0 aromatic carbocycles. The molecule has 0 aliphatic heterocycles. The van der Waals surface area contributed by atoms with Crippen LogP contribution >= 0.6 is 0 Å². The zero-order valence-electron chi connectivity index (χ0n) is 22.0. The van der Waals surface area contributed by atoms with E-state index >= 15 is 0 Å². The van der Waals surface area contributed by atoms with Crippen molar-refractivity contribution in [1.29, 1.82) is 5.41 Å². The van der Waals surface area contributed by atoms with Crippen LogP contribution < -0.4 is 27.9 Å². The third-order valence-electron chi connectivity index (χ3n) is 7.16. The van der Waals surface area contributed by atoms with Gasteiger partial charge in [-0.3, -0.25) is 9.59 Å². The van der Waals surface area contributed by atoms with Crippen LogP contribution in [-0.4, -0.2) is 39.6 Å². The SMILES string of the molecule is CCC(C)N(N)/C(=C\N)C(=O)N[C@H](C(=O)Nc1ccc(/C(C(C)=N)=C(\C)N)c(F)n1)C(C1CC1)C1CC1. The summed E-state index contributed by atoms with van der Waals surface area (Å²) in [5.74, 6) is 4.87. The minimum absolute atomic E-state index is 0.00199. The number of rotatable bonds is 12. The Balaban J connectivity index is 1.86. The molecule has 1 heterocycles. The third-order valence-corrected chi connectivity index (χ3v) is 7.16. The standard InChI is InChI=1S/C26H39FN8O2/c1-5-13(2)35(31)19(12-28)25(36)34-23(22(16-6-7-16)17-8-9-17)26(37)33-20-11-10-18(24(27)32-20)21(14(3)29)15(4)30/h10-13,16-17,22-23,29H,5-9,28,30-31H2,1-4H3,(H,34,36)(H,32,33,37)/b19-12-,21-15+,29-14?/t13?,23-/m0/s1. The van der Waals surface area contributed by atoms with Crippen LogP contribution in [0.5, 0.6) is 0 Å². The zero-order valence-corrected chi connectivity index (χ0v) is 22.0. The molecule has 3 rings (SSSR count). The van der Waals surface area contributed by atoms with Gasteiger partial charge in [0, 0.05) is 34.8 Å². The highest BCUT2D eigenvalue weighted by atomic mass is 19.1. The number of hydrazine groups is 1. The Bertz CT molecular complexity index is 1090. The van der Waals surface area contributed by atoms with E-state index in [2.05, 4.69) is 15.6 Å². The molecule has 2 amide bonds. The minimum atomic E-state index is -0.858. The van der Waals surface area contributed by atoms with Crippen LogP contribution in [0.15, 0.2) is 29.7 Å². The summed E-state index contributed by atoms with van der Waals surface area (Å²) in [5.41, 5.74) is 12.4. The molecule has 1 aromatic rings. The highest BCUT2D eigenvalue weighted by Gasteiger charge is 2.48. The first-order valence-electron chi connectivity index (χ1n) is 12.8. The molecular formula is C26H39FN8O2. The van der Waals surface area contributed by atoms with Gasteiger partial charge in [0.15, 0.2) is 0 Å². The first-order chi connectivity index (χ1) is 17.5. The number of nitrogens with two attached hydrogens (primary N) is 3. The van der Waals surface area contributed by atoms with Crippen LogP contribution in [0.4, 0.5) is 10.2 Å². The minimum Gasteiger partial charge on any atom is -0.403 e. The van der Waals surface area contributed by atoms with E-state index in [1.807, 2.05) is 13.8 Å². The first-order valence-corrected chi connectivity index (χ1v) is 12.8. The molecule has 11 heteroatoms.